The standard InChI is InChI=1S/C13H21NO5/c1-2-3-4-7-18-8-10(15)9-19-13(17)11-5-6-12(16)14-11/h3-4,10-11,15H,2,5-9H2,1H3,(H,14,16)/t10?,11-/m0/s1. The van der Waals surface area contributed by atoms with Crippen LogP contribution in [-0.4, -0.2) is 48.9 Å². The molecule has 0 aromatic heterocycles. The Morgan fingerprint density at radius 3 is 2.95 bits per heavy atom. The Kier molecular flexibility index (Phi) is 7.14. The van der Waals surface area contributed by atoms with Gasteiger partial charge >= 0.3 is 5.97 Å². The van der Waals surface area contributed by atoms with Gasteiger partial charge in [-0.05, 0) is 12.8 Å². The second-order valence-corrected chi connectivity index (χ2v) is 4.36. The minimum absolute atomic E-state index is 0.109. The Balaban J connectivity index is 2.09. The maximum Gasteiger partial charge on any atom is 0.328 e. The number of allylic oxidation sites excluding steroid dienone is 1. The van der Waals surface area contributed by atoms with Crippen LogP contribution in [0.3, 0.4) is 0 Å². The summed E-state index contributed by atoms with van der Waals surface area (Å²) in [5, 5.41) is 12.0. The molecule has 2 N–H and O–H groups in total. The summed E-state index contributed by atoms with van der Waals surface area (Å²) in [5.41, 5.74) is 0. The normalized spacial score (nSPS) is 20.5. The first kappa shape index (κ1) is 15.7. The van der Waals surface area contributed by atoms with E-state index in [4.69, 9.17) is 9.47 Å². The van der Waals surface area contributed by atoms with Gasteiger partial charge in [-0.25, -0.2) is 4.79 Å². The average Bonchev–Trinajstić information content (AvgIpc) is 2.82. The number of hydrogen-bond acceptors (Lipinski definition) is 5. The van der Waals surface area contributed by atoms with E-state index in [9.17, 15) is 14.7 Å². The highest BCUT2D eigenvalue weighted by Gasteiger charge is 2.28. The maximum absolute atomic E-state index is 11.5. The molecule has 6 nitrogen and oxygen atoms in total. The van der Waals surface area contributed by atoms with E-state index in [1.807, 2.05) is 19.1 Å². The lowest BCUT2D eigenvalue weighted by Crippen LogP contribution is -2.36. The molecule has 0 aliphatic carbocycles. The molecular formula is C13H21NO5. The van der Waals surface area contributed by atoms with E-state index in [0.29, 0.717) is 19.4 Å². The molecule has 1 aliphatic heterocycles. The molecule has 0 aromatic carbocycles. The largest absolute Gasteiger partial charge is 0.461 e. The van der Waals surface area contributed by atoms with Crippen molar-refractivity contribution < 1.29 is 24.2 Å². The molecule has 1 unspecified atom stereocenters. The number of carbonyl (C=O) groups is 2. The predicted octanol–water partition coefficient (Wildman–Crippen LogP) is 0.152. The fourth-order valence-electron chi connectivity index (χ4n) is 1.62. The third-order valence-corrected chi connectivity index (χ3v) is 2.62. The molecule has 1 aliphatic rings. The topological polar surface area (TPSA) is 84.9 Å². The molecule has 0 radical (unpaired) electrons. The van der Waals surface area contributed by atoms with Crippen molar-refractivity contribution >= 4 is 11.9 Å². The summed E-state index contributed by atoms with van der Waals surface area (Å²) in [7, 11) is 0. The van der Waals surface area contributed by atoms with Crippen molar-refractivity contribution in [3.8, 4) is 0 Å². The summed E-state index contributed by atoms with van der Waals surface area (Å²) in [6.07, 6.45) is 4.72. The number of ether oxygens (including phenoxy) is 2. The fourth-order valence-corrected chi connectivity index (χ4v) is 1.62. The van der Waals surface area contributed by atoms with Crippen LogP contribution in [0.5, 0.6) is 0 Å². The number of rotatable bonds is 8. The first-order valence-electron chi connectivity index (χ1n) is 6.50. The zero-order valence-electron chi connectivity index (χ0n) is 11.1. The van der Waals surface area contributed by atoms with E-state index in [-0.39, 0.29) is 19.1 Å². The van der Waals surface area contributed by atoms with Crippen LogP contribution >= 0.6 is 0 Å². The van der Waals surface area contributed by atoms with Gasteiger partial charge in [0.2, 0.25) is 5.91 Å². The summed E-state index contributed by atoms with van der Waals surface area (Å²) in [4.78, 5) is 22.4. The predicted molar refractivity (Wildman–Crippen MR) is 68.4 cm³/mol. The Bertz CT molecular complexity index is 329. The Hall–Kier alpha value is -1.40. The molecular weight excluding hydrogens is 250 g/mol. The SMILES string of the molecule is CCC=CCOCC(O)COC(=O)[C@@H]1CCC(=O)N1. The number of carbonyl (C=O) groups excluding carboxylic acids is 2. The minimum atomic E-state index is -0.851. The van der Waals surface area contributed by atoms with Gasteiger partial charge in [-0.3, -0.25) is 4.79 Å². The van der Waals surface area contributed by atoms with Crippen molar-refractivity contribution in [2.75, 3.05) is 19.8 Å². The van der Waals surface area contributed by atoms with Crippen LogP contribution in [0.25, 0.3) is 0 Å². The third-order valence-electron chi connectivity index (χ3n) is 2.62. The molecule has 1 amide bonds. The fraction of sp³-hybridized carbons (Fsp3) is 0.692. The maximum atomic E-state index is 11.5. The molecule has 0 aromatic rings. The van der Waals surface area contributed by atoms with Gasteiger partial charge in [0.15, 0.2) is 0 Å². The molecule has 0 spiro atoms. The Morgan fingerprint density at radius 2 is 2.32 bits per heavy atom. The van der Waals surface area contributed by atoms with Crippen molar-refractivity contribution in [1.82, 2.24) is 5.32 Å². The first-order valence-corrected chi connectivity index (χ1v) is 6.50. The summed E-state index contributed by atoms with van der Waals surface area (Å²) in [6, 6.07) is -0.576. The molecule has 6 heteroatoms. The zero-order chi connectivity index (χ0) is 14.1. The molecule has 0 saturated carbocycles. The highest BCUT2D eigenvalue weighted by molar-refractivity contribution is 5.88. The lowest BCUT2D eigenvalue weighted by atomic mass is 10.2. The van der Waals surface area contributed by atoms with Crippen molar-refractivity contribution in [2.45, 2.75) is 38.3 Å². The number of nitrogens with one attached hydrogen (secondary N) is 1. The number of hydrogen-bond donors (Lipinski definition) is 2. The minimum Gasteiger partial charge on any atom is -0.461 e. The number of aliphatic hydroxyl groups is 1. The summed E-state index contributed by atoms with van der Waals surface area (Å²) in [5.74, 6) is -0.649. The van der Waals surface area contributed by atoms with Gasteiger partial charge in [-0.15, -0.1) is 0 Å². The zero-order valence-corrected chi connectivity index (χ0v) is 11.1. The Labute approximate surface area is 112 Å². The smallest absolute Gasteiger partial charge is 0.328 e. The van der Waals surface area contributed by atoms with E-state index in [0.717, 1.165) is 6.42 Å². The highest BCUT2D eigenvalue weighted by Crippen LogP contribution is 2.08. The number of aliphatic hydroxyl groups excluding tert-OH is 1. The van der Waals surface area contributed by atoms with Crippen molar-refractivity contribution in [3.63, 3.8) is 0 Å². The van der Waals surface area contributed by atoms with Gasteiger partial charge in [-0.1, -0.05) is 19.1 Å². The van der Waals surface area contributed by atoms with Gasteiger partial charge < -0.3 is 19.9 Å². The summed E-state index contributed by atoms with van der Waals surface area (Å²) < 4.78 is 10.1. The number of amides is 1. The van der Waals surface area contributed by atoms with Crippen LogP contribution in [0.15, 0.2) is 12.2 Å². The molecule has 1 fully saturated rings. The van der Waals surface area contributed by atoms with E-state index in [1.54, 1.807) is 0 Å². The molecule has 1 heterocycles. The molecule has 2 atom stereocenters. The molecule has 1 saturated heterocycles. The summed E-state index contributed by atoms with van der Waals surface area (Å²) in [6.45, 7) is 2.44. The van der Waals surface area contributed by atoms with E-state index in [2.05, 4.69) is 5.32 Å². The first-order chi connectivity index (χ1) is 9.13. The van der Waals surface area contributed by atoms with E-state index in [1.165, 1.54) is 0 Å². The van der Waals surface area contributed by atoms with Crippen LogP contribution < -0.4 is 5.32 Å². The van der Waals surface area contributed by atoms with Gasteiger partial charge in [0.1, 0.15) is 18.8 Å². The molecule has 108 valence electrons. The monoisotopic (exact) mass is 271 g/mol. The van der Waals surface area contributed by atoms with E-state index < -0.39 is 18.1 Å². The second kappa shape index (κ2) is 8.66. The Morgan fingerprint density at radius 1 is 1.53 bits per heavy atom. The molecule has 19 heavy (non-hydrogen) atoms. The van der Waals surface area contributed by atoms with Crippen LogP contribution in [0.1, 0.15) is 26.2 Å². The van der Waals surface area contributed by atoms with Crippen LogP contribution in [0.2, 0.25) is 0 Å². The lowest BCUT2D eigenvalue weighted by Gasteiger charge is -2.13. The number of esters is 1. The van der Waals surface area contributed by atoms with Crippen molar-refractivity contribution in [1.29, 1.82) is 0 Å². The van der Waals surface area contributed by atoms with Gasteiger partial charge in [0, 0.05) is 6.42 Å². The van der Waals surface area contributed by atoms with Crippen LogP contribution in [-0.2, 0) is 19.1 Å². The quantitative estimate of drug-likeness (QED) is 0.373. The van der Waals surface area contributed by atoms with Gasteiger partial charge in [-0.2, -0.15) is 0 Å². The lowest BCUT2D eigenvalue weighted by molar-refractivity contribution is -0.150. The van der Waals surface area contributed by atoms with Crippen LogP contribution in [0.4, 0.5) is 0 Å². The average molecular weight is 271 g/mol. The van der Waals surface area contributed by atoms with Crippen LogP contribution in [0, 0.1) is 0 Å². The second-order valence-electron chi connectivity index (χ2n) is 4.36. The van der Waals surface area contributed by atoms with E-state index >= 15 is 0 Å². The van der Waals surface area contributed by atoms with Gasteiger partial charge in [0.25, 0.3) is 0 Å². The third kappa shape index (κ3) is 6.35. The summed E-state index contributed by atoms with van der Waals surface area (Å²) >= 11 is 0. The van der Waals surface area contributed by atoms with Crippen molar-refractivity contribution in [2.24, 2.45) is 0 Å². The molecule has 1 rings (SSSR count). The van der Waals surface area contributed by atoms with Gasteiger partial charge in [0.05, 0.1) is 13.2 Å². The highest BCUT2D eigenvalue weighted by atomic mass is 16.5. The molecule has 0 bridgehead atoms. The van der Waals surface area contributed by atoms with Crippen molar-refractivity contribution in [3.05, 3.63) is 12.2 Å².